The van der Waals surface area contributed by atoms with Gasteiger partial charge < -0.3 is 10.6 Å². The lowest BCUT2D eigenvalue weighted by atomic mass is 10.0. The fourth-order valence-corrected chi connectivity index (χ4v) is 2.71. The SMILES string of the molecule is CCCCCCCCC1(C)Nc2ccccc2N1. The summed E-state index contributed by atoms with van der Waals surface area (Å²) in [5.41, 5.74) is 2.53. The standard InChI is InChI=1S/C16H26N2/c1-3-4-5-6-7-10-13-16(2)17-14-11-8-9-12-15(14)18-16/h8-9,11-12,17-18H,3-7,10,13H2,1-2H3. The summed E-state index contributed by atoms with van der Waals surface area (Å²) in [6, 6.07) is 8.47. The van der Waals surface area contributed by atoms with Gasteiger partial charge in [0.1, 0.15) is 5.66 Å². The number of rotatable bonds is 7. The Morgan fingerprint density at radius 2 is 1.44 bits per heavy atom. The van der Waals surface area contributed by atoms with Gasteiger partial charge >= 0.3 is 0 Å². The zero-order valence-electron chi connectivity index (χ0n) is 11.8. The van der Waals surface area contributed by atoms with Crippen molar-refractivity contribution in [1.29, 1.82) is 0 Å². The number of hydrogen-bond acceptors (Lipinski definition) is 2. The minimum absolute atomic E-state index is 0.0500. The molecule has 1 aliphatic heterocycles. The maximum atomic E-state index is 3.60. The van der Waals surface area contributed by atoms with Gasteiger partial charge in [-0.1, -0.05) is 51.2 Å². The first kappa shape index (κ1) is 13.3. The molecule has 1 aromatic carbocycles. The average molecular weight is 246 g/mol. The Labute approximate surface area is 111 Å². The smallest absolute Gasteiger partial charge is 0.105 e. The zero-order chi connectivity index (χ0) is 12.8. The van der Waals surface area contributed by atoms with Crippen LogP contribution in [0.15, 0.2) is 24.3 Å². The quantitative estimate of drug-likeness (QED) is 0.662. The number of benzene rings is 1. The predicted molar refractivity (Wildman–Crippen MR) is 80.1 cm³/mol. The van der Waals surface area contributed by atoms with Crippen LogP contribution in [0.4, 0.5) is 11.4 Å². The Bertz CT molecular complexity index is 348. The van der Waals surface area contributed by atoms with Crippen molar-refractivity contribution >= 4 is 11.4 Å². The van der Waals surface area contributed by atoms with Gasteiger partial charge in [0.2, 0.25) is 0 Å². The third-order valence-electron chi connectivity index (χ3n) is 3.78. The fourth-order valence-electron chi connectivity index (χ4n) is 2.71. The van der Waals surface area contributed by atoms with E-state index in [0.29, 0.717) is 0 Å². The molecule has 0 amide bonds. The zero-order valence-corrected chi connectivity index (χ0v) is 11.8. The third-order valence-corrected chi connectivity index (χ3v) is 3.78. The summed E-state index contributed by atoms with van der Waals surface area (Å²) in [6.07, 6.45) is 9.35. The molecule has 1 aliphatic rings. The van der Waals surface area contributed by atoms with E-state index in [1.165, 1.54) is 56.3 Å². The molecule has 0 unspecified atom stereocenters. The van der Waals surface area contributed by atoms with Crippen LogP contribution in [0.2, 0.25) is 0 Å². The molecular weight excluding hydrogens is 220 g/mol. The van der Waals surface area contributed by atoms with Gasteiger partial charge in [-0.25, -0.2) is 0 Å². The van der Waals surface area contributed by atoms with Crippen LogP contribution in [0, 0.1) is 0 Å². The molecule has 0 saturated carbocycles. The molecule has 100 valence electrons. The van der Waals surface area contributed by atoms with Crippen LogP contribution in [-0.2, 0) is 0 Å². The molecule has 0 aliphatic carbocycles. The molecule has 2 heteroatoms. The van der Waals surface area contributed by atoms with Gasteiger partial charge in [-0.3, -0.25) is 0 Å². The van der Waals surface area contributed by atoms with Crippen LogP contribution in [0.3, 0.4) is 0 Å². The van der Waals surface area contributed by atoms with Gasteiger partial charge in [0.15, 0.2) is 0 Å². The van der Waals surface area contributed by atoms with E-state index in [-0.39, 0.29) is 5.66 Å². The Balaban J connectivity index is 1.71. The summed E-state index contributed by atoms with van der Waals surface area (Å²) in [5, 5.41) is 7.20. The number of nitrogens with one attached hydrogen (secondary N) is 2. The first-order valence-electron chi connectivity index (χ1n) is 7.39. The number of para-hydroxylation sites is 2. The lowest BCUT2D eigenvalue weighted by Gasteiger charge is -2.26. The number of fused-ring (bicyclic) bond motifs is 1. The molecule has 1 heterocycles. The van der Waals surface area contributed by atoms with Crippen molar-refractivity contribution in [3.05, 3.63) is 24.3 Å². The van der Waals surface area contributed by atoms with E-state index in [1.807, 2.05) is 0 Å². The molecule has 1 aromatic rings. The highest BCUT2D eigenvalue weighted by Gasteiger charge is 2.29. The second kappa shape index (κ2) is 6.12. The van der Waals surface area contributed by atoms with Crippen molar-refractivity contribution in [2.45, 2.75) is 64.5 Å². The summed E-state index contributed by atoms with van der Waals surface area (Å²) in [6.45, 7) is 4.53. The summed E-state index contributed by atoms with van der Waals surface area (Å²) in [5.74, 6) is 0. The molecule has 18 heavy (non-hydrogen) atoms. The highest BCUT2D eigenvalue weighted by molar-refractivity contribution is 5.75. The minimum atomic E-state index is 0.0500. The van der Waals surface area contributed by atoms with E-state index < -0.39 is 0 Å². The van der Waals surface area contributed by atoms with Crippen LogP contribution in [0.25, 0.3) is 0 Å². The van der Waals surface area contributed by atoms with Crippen molar-refractivity contribution in [2.24, 2.45) is 0 Å². The Morgan fingerprint density at radius 3 is 2.06 bits per heavy atom. The Hall–Kier alpha value is -1.18. The second-order valence-electron chi connectivity index (χ2n) is 5.65. The Kier molecular flexibility index (Phi) is 4.51. The van der Waals surface area contributed by atoms with Crippen LogP contribution >= 0.6 is 0 Å². The van der Waals surface area contributed by atoms with Crippen molar-refractivity contribution in [3.8, 4) is 0 Å². The van der Waals surface area contributed by atoms with E-state index in [4.69, 9.17) is 0 Å². The lowest BCUT2D eigenvalue weighted by molar-refractivity contribution is 0.492. The molecule has 0 bridgehead atoms. The van der Waals surface area contributed by atoms with E-state index in [9.17, 15) is 0 Å². The van der Waals surface area contributed by atoms with Crippen LogP contribution in [0.5, 0.6) is 0 Å². The molecule has 2 rings (SSSR count). The highest BCUT2D eigenvalue weighted by atomic mass is 15.2. The van der Waals surface area contributed by atoms with Crippen molar-refractivity contribution in [1.82, 2.24) is 0 Å². The molecule has 0 radical (unpaired) electrons. The van der Waals surface area contributed by atoms with E-state index in [1.54, 1.807) is 0 Å². The van der Waals surface area contributed by atoms with Gasteiger partial charge in [-0.15, -0.1) is 0 Å². The van der Waals surface area contributed by atoms with Gasteiger partial charge in [0.25, 0.3) is 0 Å². The molecule has 0 atom stereocenters. The van der Waals surface area contributed by atoms with Gasteiger partial charge in [-0.05, 0) is 31.9 Å². The molecule has 2 N–H and O–H groups in total. The van der Waals surface area contributed by atoms with Crippen LogP contribution < -0.4 is 10.6 Å². The highest BCUT2D eigenvalue weighted by Crippen LogP contribution is 2.35. The lowest BCUT2D eigenvalue weighted by Crippen LogP contribution is -2.38. The molecule has 0 spiro atoms. The van der Waals surface area contributed by atoms with Gasteiger partial charge in [0, 0.05) is 0 Å². The first-order valence-corrected chi connectivity index (χ1v) is 7.39. The van der Waals surface area contributed by atoms with E-state index >= 15 is 0 Å². The molecule has 0 saturated heterocycles. The molecular formula is C16H26N2. The largest absolute Gasteiger partial charge is 0.361 e. The van der Waals surface area contributed by atoms with Crippen molar-refractivity contribution in [3.63, 3.8) is 0 Å². The molecule has 2 nitrogen and oxygen atoms in total. The minimum Gasteiger partial charge on any atom is -0.361 e. The summed E-state index contributed by atoms with van der Waals surface area (Å²) in [7, 11) is 0. The predicted octanol–water partition coefficient (Wildman–Crippen LogP) is 4.99. The normalized spacial score (nSPS) is 15.9. The first-order chi connectivity index (χ1) is 8.73. The molecule has 0 fully saturated rings. The maximum absolute atomic E-state index is 3.60. The molecule has 0 aromatic heterocycles. The average Bonchev–Trinajstić information content (AvgIpc) is 2.70. The second-order valence-corrected chi connectivity index (χ2v) is 5.65. The summed E-state index contributed by atoms with van der Waals surface area (Å²) >= 11 is 0. The van der Waals surface area contributed by atoms with E-state index in [2.05, 4.69) is 48.7 Å². The number of hydrogen-bond donors (Lipinski definition) is 2. The van der Waals surface area contributed by atoms with Crippen LogP contribution in [0.1, 0.15) is 58.8 Å². The maximum Gasteiger partial charge on any atom is 0.105 e. The fraction of sp³-hybridized carbons (Fsp3) is 0.625. The topological polar surface area (TPSA) is 24.1 Å². The Morgan fingerprint density at radius 1 is 0.889 bits per heavy atom. The van der Waals surface area contributed by atoms with Gasteiger partial charge in [-0.2, -0.15) is 0 Å². The van der Waals surface area contributed by atoms with Crippen LogP contribution in [-0.4, -0.2) is 5.66 Å². The van der Waals surface area contributed by atoms with Crippen molar-refractivity contribution < 1.29 is 0 Å². The van der Waals surface area contributed by atoms with Gasteiger partial charge in [0.05, 0.1) is 11.4 Å². The van der Waals surface area contributed by atoms with Crippen molar-refractivity contribution in [2.75, 3.05) is 10.6 Å². The number of unbranched alkanes of at least 4 members (excludes halogenated alkanes) is 5. The summed E-state index contributed by atoms with van der Waals surface area (Å²) < 4.78 is 0. The number of anilines is 2. The van der Waals surface area contributed by atoms with E-state index in [0.717, 1.165) is 0 Å². The summed E-state index contributed by atoms with van der Waals surface area (Å²) in [4.78, 5) is 0. The monoisotopic (exact) mass is 246 g/mol. The third kappa shape index (κ3) is 3.41.